The normalized spacial score (nSPS) is 23.5. The molecule has 2 fully saturated rings. The number of hydrogen-bond acceptors (Lipinski definition) is 1. The van der Waals surface area contributed by atoms with Gasteiger partial charge >= 0.3 is 6.03 Å². The Labute approximate surface area is 105 Å². The maximum Gasteiger partial charge on any atom is 0.317 e. The molecule has 3 nitrogen and oxygen atoms in total. The molecule has 3 heteroatoms. The van der Waals surface area contributed by atoms with Crippen molar-refractivity contribution in [1.82, 2.24) is 10.2 Å². The summed E-state index contributed by atoms with van der Waals surface area (Å²) in [5.74, 6) is 0.786. The van der Waals surface area contributed by atoms with Crippen molar-refractivity contribution in [2.75, 3.05) is 19.6 Å². The summed E-state index contributed by atoms with van der Waals surface area (Å²) in [6.45, 7) is 7.27. The van der Waals surface area contributed by atoms with Crippen molar-refractivity contribution in [3.8, 4) is 0 Å². The van der Waals surface area contributed by atoms with E-state index in [-0.39, 0.29) is 6.03 Å². The van der Waals surface area contributed by atoms with Crippen LogP contribution in [0.3, 0.4) is 0 Å². The standard InChI is InChI=1S/C14H26N2O/c1-3-6-14(7-8-14)11-15-13(17)16-9-4-12(2)5-10-16/h12H,3-11H2,1-2H3,(H,15,17). The number of likely N-dealkylation sites (tertiary alicyclic amines) is 1. The Morgan fingerprint density at radius 2 is 2.00 bits per heavy atom. The van der Waals surface area contributed by atoms with Crippen LogP contribution in [0.1, 0.15) is 52.4 Å². The number of nitrogens with zero attached hydrogens (tertiary/aromatic N) is 1. The summed E-state index contributed by atoms with van der Waals surface area (Å²) in [6, 6.07) is 0.166. The van der Waals surface area contributed by atoms with Gasteiger partial charge in [0.1, 0.15) is 0 Å². The Morgan fingerprint density at radius 1 is 1.35 bits per heavy atom. The maximum absolute atomic E-state index is 12.0. The number of rotatable bonds is 4. The fraction of sp³-hybridized carbons (Fsp3) is 0.929. The Bertz CT molecular complexity index is 265. The van der Waals surface area contributed by atoms with Crippen molar-refractivity contribution in [3.05, 3.63) is 0 Å². The summed E-state index contributed by atoms with van der Waals surface area (Å²) in [7, 11) is 0. The summed E-state index contributed by atoms with van der Waals surface area (Å²) in [5, 5.41) is 3.14. The Hall–Kier alpha value is -0.730. The van der Waals surface area contributed by atoms with Crippen LogP contribution in [0.15, 0.2) is 0 Å². The Kier molecular flexibility index (Phi) is 3.95. The number of hydrogen-bond donors (Lipinski definition) is 1. The van der Waals surface area contributed by atoms with E-state index in [1.165, 1.54) is 25.7 Å². The SMILES string of the molecule is CCCC1(CNC(=O)N2CCC(C)CC2)CC1. The van der Waals surface area contributed by atoms with Gasteiger partial charge in [0.15, 0.2) is 0 Å². The number of urea groups is 1. The molecule has 1 heterocycles. The minimum absolute atomic E-state index is 0.166. The molecule has 0 atom stereocenters. The molecule has 2 amide bonds. The average Bonchev–Trinajstić information content (AvgIpc) is 3.08. The van der Waals surface area contributed by atoms with E-state index in [0.717, 1.165) is 38.4 Å². The van der Waals surface area contributed by atoms with Crippen LogP contribution in [0.25, 0.3) is 0 Å². The van der Waals surface area contributed by atoms with Crippen LogP contribution in [0.2, 0.25) is 0 Å². The summed E-state index contributed by atoms with van der Waals surface area (Å²) in [6.07, 6.45) is 7.43. The fourth-order valence-corrected chi connectivity index (χ4v) is 2.81. The molecule has 0 aromatic heterocycles. The highest BCUT2D eigenvalue weighted by atomic mass is 16.2. The van der Waals surface area contributed by atoms with Gasteiger partial charge in [-0.05, 0) is 43.4 Å². The fourth-order valence-electron chi connectivity index (χ4n) is 2.81. The van der Waals surface area contributed by atoms with Gasteiger partial charge in [-0.1, -0.05) is 20.3 Å². The first kappa shape index (κ1) is 12.7. The smallest absolute Gasteiger partial charge is 0.317 e. The van der Waals surface area contributed by atoms with Gasteiger partial charge in [0.05, 0.1) is 0 Å². The number of nitrogens with one attached hydrogen (secondary N) is 1. The van der Waals surface area contributed by atoms with Gasteiger partial charge in [-0.3, -0.25) is 0 Å². The molecule has 0 aromatic carbocycles. The lowest BCUT2D eigenvalue weighted by Crippen LogP contribution is -2.45. The first-order valence-electron chi connectivity index (χ1n) is 7.18. The van der Waals surface area contributed by atoms with Gasteiger partial charge in [0.2, 0.25) is 0 Å². The second-order valence-corrected chi connectivity index (χ2v) is 6.08. The van der Waals surface area contributed by atoms with Gasteiger partial charge in [-0.2, -0.15) is 0 Å². The van der Waals surface area contributed by atoms with Crippen LogP contribution >= 0.6 is 0 Å². The van der Waals surface area contributed by atoms with Gasteiger partial charge in [-0.25, -0.2) is 4.79 Å². The van der Waals surface area contributed by atoms with E-state index in [1.54, 1.807) is 0 Å². The van der Waals surface area contributed by atoms with Gasteiger partial charge in [-0.15, -0.1) is 0 Å². The monoisotopic (exact) mass is 238 g/mol. The summed E-state index contributed by atoms with van der Waals surface area (Å²) < 4.78 is 0. The number of amides is 2. The molecule has 1 aliphatic heterocycles. The van der Waals surface area contributed by atoms with Crippen molar-refractivity contribution in [2.24, 2.45) is 11.3 Å². The predicted octanol–water partition coefficient (Wildman–Crippen LogP) is 3.01. The lowest BCUT2D eigenvalue weighted by atomic mass is 9.99. The lowest BCUT2D eigenvalue weighted by Gasteiger charge is -2.31. The molecule has 1 aliphatic carbocycles. The minimum Gasteiger partial charge on any atom is -0.337 e. The largest absolute Gasteiger partial charge is 0.337 e. The molecule has 1 saturated carbocycles. The summed E-state index contributed by atoms with van der Waals surface area (Å²) in [5.41, 5.74) is 0.466. The molecule has 0 radical (unpaired) electrons. The second kappa shape index (κ2) is 5.28. The lowest BCUT2D eigenvalue weighted by molar-refractivity contribution is 0.171. The van der Waals surface area contributed by atoms with E-state index in [4.69, 9.17) is 0 Å². The summed E-state index contributed by atoms with van der Waals surface area (Å²) in [4.78, 5) is 14.0. The van der Waals surface area contributed by atoms with Crippen LogP contribution in [0, 0.1) is 11.3 Å². The molecule has 0 unspecified atom stereocenters. The third-order valence-electron chi connectivity index (χ3n) is 4.42. The van der Waals surface area contributed by atoms with E-state index < -0.39 is 0 Å². The highest BCUT2D eigenvalue weighted by Gasteiger charge is 2.41. The van der Waals surface area contributed by atoms with Gasteiger partial charge < -0.3 is 10.2 Å². The molecule has 2 rings (SSSR count). The maximum atomic E-state index is 12.0. The van der Waals surface area contributed by atoms with Crippen LogP contribution in [-0.2, 0) is 0 Å². The molecular formula is C14H26N2O. The molecule has 0 spiro atoms. The van der Waals surface area contributed by atoms with Crippen LogP contribution in [-0.4, -0.2) is 30.6 Å². The van der Waals surface area contributed by atoms with Crippen molar-refractivity contribution in [3.63, 3.8) is 0 Å². The van der Waals surface area contributed by atoms with Crippen molar-refractivity contribution in [2.45, 2.75) is 52.4 Å². The zero-order chi connectivity index (χ0) is 12.3. The number of carbonyl (C=O) groups excluding carboxylic acids is 1. The minimum atomic E-state index is 0.166. The van der Waals surface area contributed by atoms with E-state index in [2.05, 4.69) is 19.2 Å². The van der Waals surface area contributed by atoms with Gasteiger partial charge in [0.25, 0.3) is 0 Å². The van der Waals surface area contributed by atoms with Crippen molar-refractivity contribution >= 4 is 6.03 Å². The topological polar surface area (TPSA) is 32.3 Å². The molecule has 2 aliphatic rings. The molecule has 0 aromatic rings. The van der Waals surface area contributed by atoms with Crippen LogP contribution < -0.4 is 5.32 Å². The molecule has 98 valence electrons. The Balaban J connectivity index is 1.70. The first-order chi connectivity index (χ1) is 8.15. The molecule has 1 saturated heterocycles. The molecule has 17 heavy (non-hydrogen) atoms. The number of piperidine rings is 1. The first-order valence-corrected chi connectivity index (χ1v) is 7.18. The highest BCUT2D eigenvalue weighted by Crippen LogP contribution is 2.48. The molecule has 0 bridgehead atoms. The highest BCUT2D eigenvalue weighted by molar-refractivity contribution is 5.74. The zero-order valence-corrected chi connectivity index (χ0v) is 11.3. The molecule has 1 N–H and O–H groups in total. The van der Waals surface area contributed by atoms with Crippen molar-refractivity contribution < 1.29 is 4.79 Å². The van der Waals surface area contributed by atoms with Crippen LogP contribution in [0.4, 0.5) is 4.79 Å². The van der Waals surface area contributed by atoms with Crippen LogP contribution in [0.5, 0.6) is 0 Å². The van der Waals surface area contributed by atoms with E-state index in [1.807, 2.05) is 4.90 Å². The predicted molar refractivity (Wildman–Crippen MR) is 69.9 cm³/mol. The van der Waals surface area contributed by atoms with E-state index in [0.29, 0.717) is 5.41 Å². The van der Waals surface area contributed by atoms with E-state index in [9.17, 15) is 4.79 Å². The summed E-state index contributed by atoms with van der Waals surface area (Å²) >= 11 is 0. The molecular weight excluding hydrogens is 212 g/mol. The third-order valence-corrected chi connectivity index (χ3v) is 4.42. The second-order valence-electron chi connectivity index (χ2n) is 6.08. The Morgan fingerprint density at radius 3 is 2.53 bits per heavy atom. The zero-order valence-electron chi connectivity index (χ0n) is 11.3. The van der Waals surface area contributed by atoms with E-state index >= 15 is 0 Å². The third kappa shape index (κ3) is 3.36. The average molecular weight is 238 g/mol. The van der Waals surface area contributed by atoms with Crippen molar-refractivity contribution in [1.29, 1.82) is 0 Å². The van der Waals surface area contributed by atoms with Gasteiger partial charge in [0, 0.05) is 19.6 Å². The number of carbonyl (C=O) groups is 1. The quantitative estimate of drug-likeness (QED) is 0.802.